The lowest BCUT2D eigenvalue weighted by molar-refractivity contribution is -0.384. The van der Waals surface area contributed by atoms with Crippen molar-refractivity contribution in [2.75, 3.05) is 62.3 Å². The minimum absolute atomic E-state index is 0.0573. The van der Waals surface area contributed by atoms with Crippen molar-refractivity contribution in [3.8, 4) is 0 Å². The van der Waals surface area contributed by atoms with E-state index in [0.29, 0.717) is 48.9 Å². The Hall–Kier alpha value is -3.02. The summed E-state index contributed by atoms with van der Waals surface area (Å²) in [6.45, 7) is 4.67. The summed E-state index contributed by atoms with van der Waals surface area (Å²) in [5.74, 6) is 0. The molecule has 0 amide bonds. The Labute approximate surface area is 217 Å². The molecular formula is C26H33N5O5S. The number of aliphatic imine (C=N–C) groups is 1. The van der Waals surface area contributed by atoms with E-state index < -0.39 is 10.0 Å². The number of hydrogen-bond donors (Lipinski definition) is 0. The molecule has 3 fully saturated rings. The van der Waals surface area contributed by atoms with Crippen LogP contribution in [0.1, 0.15) is 37.7 Å². The van der Waals surface area contributed by atoms with Gasteiger partial charge in [-0.15, -0.1) is 0 Å². The van der Waals surface area contributed by atoms with Crippen molar-refractivity contribution in [1.29, 1.82) is 0 Å². The van der Waals surface area contributed by atoms with Gasteiger partial charge in [-0.25, -0.2) is 8.42 Å². The summed E-state index contributed by atoms with van der Waals surface area (Å²) in [4.78, 5) is 20.4. The van der Waals surface area contributed by atoms with Gasteiger partial charge in [0, 0.05) is 51.5 Å². The lowest BCUT2D eigenvalue weighted by Crippen LogP contribution is -2.41. The Morgan fingerprint density at radius 3 is 2.14 bits per heavy atom. The van der Waals surface area contributed by atoms with Crippen LogP contribution >= 0.6 is 0 Å². The topological polar surface area (TPSA) is 109 Å². The lowest BCUT2D eigenvalue weighted by Gasteiger charge is -2.32. The highest BCUT2D eigenvalue weighted by Crippen LogP contribution is 2.34. The number of anilines is 2. The highest BCUT2D eigenvalue weighted by Gasteiger charge is 2.31. The number of rotatable bonds is 7. The first kappa shape index (κ1) is 25.6. The van der Waals surface area contributed by atoms with Crippen molar-refractivity contribution in [2.24, 2.45) is 4.99 Å². The molecule has 0 N–H and O–H groups in total. The zero-order valence-corrected chi connectivity index (χ0v) is 21.7. The molecule has 37 heavy (non-hydrogen) atoms. The maximum absolute atomic E-state index is 13.7. The van der Waals surface area contributed by atoms with E-state index in [4.69, 9.17) is 4.74 Å². The molecule has 2 aromatic rings. The highest BCUT2D eigenvalue weighted by atomic mass is 32.2. The molecule has 5 rings (SSSR count). The number of benzene rings is 2. The van der Waals surface area contributed by atoms with E-state index in [2.05, 4.69) is 9.89 Å². The second kappa shape index (κ2) is 11.2. The minimum Gasteiger partial charge on any atom is -0.379 e. The van der Waals surface area contributed by atoms with E-state index in [9.17, 15) is 18.5 Å². The smallest absolute Gasteiger partial charge is 0.293 e. The fraction of sp³-hybridized carbons (Fsp3) is 0.500. The Balaban J connectivity index is 1.47. The van der Waals surface area contributed by atoms with Crippen molar-refractivity contribution < 1.29 is 18.1 Å². The normalized spacial score (nSPS) is 19.6. The fourth-order valence-electron chi connectivity index (χ4n) is 5.25. The molecule has 0 saturated carbocycles. The van der Waals surface area contributed by atoms with Gasteiger partial charge in [-0.3, -0.25) is 15.1 Å². The first-order valence-electron chi connectivity index (χ1n) is 13.0. The molecule has 3 aliphatic rings. The molecule has 3 heterocycles. The Kier molecular flexibility index (Phi) is 7.73. The number of hydrogen-bond acceptors (Lipinski definition) is 8. The average molecular weight is 528 g/mol. The summed E-state index contributed by atoms with van der Waals surface area (Å²) < 4.78 is 34.2. The van der Waals surface area contributed by atoms with Crippen LogP contribution in [-0.2, 0) is 14.8 Å². The average Bonchev–Trinajstić information content (AvgIpc) is 3.47. The Morgan fingerprint density at radius 2 is 1.46 bits per heavy atom. The molecule has 0 atom stereocenters. The number of morpholine rings is 1. The van der Waals surface area contributed by atoms with Crippen molar-refractivity contribution >= 4 is 39.0 Å². The molecule has 0 aromatic heterocycles. The molecule has 2 aromatic carbocycles. The van der Waals surface area contributed by atoms with Gasteiger partial charge in [-0.2, -0.15) is 4.31 Å². The van der Waals surface area contributed by atoms with E-state index in [1.165, 1.54) is 10.4 Å². The van der Waals surface area contributed by atoms with Gasteiger partial charge in [0.2, 0.25) is 10.0 Å². The monoisotopic (exact) mass is 527 g/mol. The number of piperidine rings is 1. The predicted octanol–water partition coefficient (Wildman–Crippen LogP) is 3.96. The summed E-state index contributed by atoms with van der Waals surface area (Å²) >= 11 is 0. The van der Waals surface area contributed by atoms with Crippen LogP contribution in [-0.4, -0.2) is 76.3 Å². The highest BCUT2D eigenvalue weighted by molar-refractivity contribution is 7.89. The van der Waals surface area contributed by atoms with Crippen molar-refractivity contribution in [3.63, 3.8) is 0 Å². The van der Waals surface area contributed by atoms with Gasteiger partial charge in [-0.05, 0) is 61.9 Å². The summed E-state index contributed by atoms with van der Waals surface area (Å²) in [6, 6.07) is 10.4. The van der Waals surface area contributed by atoms with Gasteiger partial charge in [0.05, 0.1) is 29.5 Å². The summed E-state index contributed by atoms with van der Waals surface area (Å²) in [5, 5.41) is 11.7. The van der Waals surface area contributed by atoms with Crippen LogP contribution in [0.5, 0.6) is 0 Å². The van der Waals surface area contributed by atoms with Gasteiger partial charge < -0.3 is 14.5 Å². The molecule has 10 nitrogen and oxygen atoms in total. The van der Waals surface area contributed by atoms with E-state index in [1.807, 2.05) is 23.1 Å². The molecule has 11 heteroatoms. The third-order valence-corrected chi connectivity index (χ3v) is 9.16. The minimum atomic E-state index is -3.74. The summed E-state index contributed by atoms with van der Waals surface area (Å²) in [7, 11) is -3.74. The predicted molar refractivity (Wildman–Crippen MR) is 144 cm³/mol. The first-order valence-corrected chi connectivity index (χ1v) is 14.4. The first-order chi connectivity index (χ1) is 17.9. The van der Waals surface area contributed by atoms with Gasteiger partial charge >= 0.3 is 0 Å². The van der Waals surface area contributed by atoms with Crippen LogP contribution in [0.4, 0.5) is 22.7 Å². The van der Waals surface area contributed by atoms with Crippen molar-refractivity contribution in [3.05, 3.63) is 52.1 Å². The molecular weight excluding hydrogens is 494 g/mol. The number of nitrogens with zero attached hydrogens (tertiary/aromatic N) is 5. The third kappa shape index (κ3) is 5.63. The van der Waals surface area contributed by atoms with Crippen LogP contribution < -0.4 is 9.80 Å². The molecule has 198 valence electrons. The zero-order valence-electron chi connectivity index (χ0n) is 20.9. The second-order valence-corrected chi connectivity index (χ2v) is 11.6. The Bertz CT molecular complexity index is 1260. The van der Waals surface area contributed by atoms with Crippen LogP contribution in [0.15, 0.2) is 46.3 Å². The zero-order chi connectivity index (χ0) is 25.8. The molecule has 0 spiro atoms. The van der Waals surface area contributed by atoms with E-state index >= 15 is 0 Å². The van der Waals surface area contributed by atoms with E-state index in [0.717, 1.165) is 58.3 Å². The molecule has 3 saturated heterocycles. The largest absolute Gasteiger partial charge is 0.379 e. The quantitative estimate of drug-likeness (QED) is 0.305. The maximum atomic E-state index is 13.7. The van der Waals surface area contributed by atoms with Gasteiger partial charge in [-0.1, -0.05) is 6.07 Å². The van der Waals surface area contributed by atoms with Gasteiger partial charge in [0.1, 0.15) is 10.6 Å². The van der Waals surface area contributed by atoms with Gasteiger partial charge in [0.15, 0.2) is 0 Å². The van der Waals surface area contributed by atoms with Crippen LogP contribution in [0, 0.1) is 10.1 Å². The molecule has 0 unspecified atom stereocenters. The second-order valence-electron chi connectivity index (χ2n) is 9.67. The number of ether oxygens (including phenoxy) is 1. The van der Waals surface area contributed by atoms with E-state index in [1.54, 1.807) is 18.3 Å². The number of sulfonamides is 1. The number of nitro groups is 1. The molecule has 0 bridgehead atoms. The lowest BCUT2D eigenvalue weighted by atomic mass is 10.1. The third-order valence-electron chi connectivity index (χ3n) is 7.23. The van der Waals surface area contributed by atoms with Crippen LogP contribution in [0.3, 0.4) is 0 Å². The van der Waals surface area contributed by atoms with Crippen molar-refractivity contribution in [2.45, 2.75) is 37.0 Å². The Morgan fingerprint density at radius 1 is 0.838 bits per heavy atom. The van der Waals surface area contributed by atoms with E-state index in [-0.39, 0.29) is 15.5 Å². The van der Waals surface area contributed by atoms with Crippen LogP contribution in [0.25, 0.3) is 0 Å². The fourth-order valence-corrected chi connectivity index (χ4v) is 6.89. The molecule has 0 aliphatic carbocycles. The molecule has 3 aliphatic heterocycles. The van der Waals surface area contributed by atoms with Gasteiger partial charge in [0.25, 0.3) is 5.69 Å². The summed E-state index contributed by atoms with van der Waals surface area (Å²) in [5.41, 5.74) is 2.47. The standard InChI is InChI=1S/C26H33N5O5S/c32-31(33)25-18-21(6-8-23(25)28-12-4-5-13-28)20-27-22-7-9-24(29-10-2-1-3-11-29)26(19-22)37(34,35)30-14-16-36-17-15-30/h6-9,18-20H,1-5,10-17H2. The SMILES string of the molecule is O=[N+]([O-])c1cc(C=Nc2ccc(N3CCCCC3)c(S(=O)(=O)N3CCOCC3)c2)ccc1N1CCCC1. The number of nitro benzene ring substituents is 1. The molecule has 0 radical (unpaired) electrons. The summed E-state index contributed by atoms with van der Waals surface area (Å²) in [6.07, 6.45) is 6.83. The van der Waals surface area contributed by atoms with Crippen molar-refractivity contribution in [1.82, 2.24) is 4.31 Å². The van der Waals surface area contributed by atoms with Crippen LogP contribution in [0.2, 0.25) is 0 Å². The maximum Gasteiger partial charge on any atom is 0.293 e.